The monoisotopic (exact) mass is 339 g/mol. The van der Waals surface area contributed by atoms with Gasteiger partial charge in [-0.1, -0.05) is 78.9 Å². The van der Waals surface area contributed by atoms with Crippen molar-refractivity contribution in [3.05, 3.63) is 84.4 Å². The molecule has 0 saturated carbocycles. The van der Waals surface area contributed by atoms with Crippen LogP contribution in [0.1, 0.15) is 11.8 Å². The smallest absolute Gasteiger partial charge is 0.194 e. The SMILES string of the molecule is COC(c1ccccc1)n1nc2c3ccccc3c3ccccc3c2n1. The van der Waals surface area contributed by atoms with Gasteiger partial charge in [0.25, 0.3) is 0 Å². The van der Waals surface area contributed by atoms with Crippen LogP contribution in [0.5, 0.6) is 0 Å². The number of benzene rings is 4. The lowest BCUT2D eigenvalue weighted by atomic mass is 10.0. The van der Waals surface area contributed by atoms with Crippen LogP contribution in [-0.2, 0) is 4.74 Å². The van der Waals surface area contributed by atoms with Crippen molar-refractivity contribution >= 4 is 32.6 Å². The van der Waals surface area contributed by atoms with Crippen LogP contribution in [0.3, 0.4) is 0 Å². The molecule has 0 amide bonds. The van der Waals surface area contributed by atoms with Gasteiger partial charge in [-0.3, -0.25) is 0 Å². The fourth-order valence-electron chi connectivity index (χ4n) is 3.62. The van der Waals surface area contributed by atoms with Gasteiger partial charge >= 0.3 is 0 Å². The minimum Gasteiger partial charge on any atom is -0.354 e. The van der Waals surface area contributed by atoms with Crippen molar-refractivity contribution in [1.82, 2.24) is 15.0 Å². The van der Waals surface area contributed by atoms with E-state index in [-0.39, 0.29) is 6.23 Å². The van der Waals surface area contributed by atoms with E-state index in [2.05, 4.69) is 36.4 Å². The Morgan fingerprint density at radius 3 is 1.62 bits per heavy atom. The number of nitrogens with zero attached hydrogens (tertiary/aromatic N) is 3. The Bertz CT molecular complexity index is 1160. The largest absolute Gasteiger partial charge is 0.354 e. The summed E-state index contributed by atoms with van der Waals surface area (Å²) in [5.41, 5.74) is 2.82. The number of fused-ring (bicyclic) bond motifs is 6. The average Bonchev–Trinajstić information content (AvgIpc) is 3.15. The van der Waals surface area contributed by atoms with E-state index in [0.717, 1.165) is 27.4 Å². The summed E-state index contributed by atoms with van der Waals surface area (Å²) >= 11 is 0. The fourth-order valence-corrected chi connectivity index (χ4v) is 3.62. The zero-order valence-corrected chi connectivity index (χ0v) is 14.3. The van der Waals surface area contributed by atoms with Crippen LogP contribution in [0.2, 0.25) is 0 Å². The maximum absolute atomic E-state index is 5.71. The number of hydrogen-bond donors (Lipinski definition) is 0. The lowest BCUT2D eigenvalue weighted by molar-refractivity contribution is 0.0570. The first-order chi connectivity index (χ1) is 12.9. The van der Waals surface area contributed by atoms with Gasteiger partial charge in [-0.15, -0.1) is 15.0 Å². The maximum atomic E-state index is 5.71. The molecule has 4 heteroatoms. The predicted octanol–water partition coefficient (Wildman–Crippen LogP) is 4.93. The number of aromatic nitrogens is 3. The fraction of sp³-hybridized carbons (Fsp3) is 0.0909. The molecule has 1 unspecified atom stereocenters. The summed E-state index contributed by atoms with van der Waals surface area (Å²) in [5.74, 6) is 0. The highest BCUT2D eigenvalue weighted by Gasteiger charge is 2.19. The summed E-state index contributed by atoms with van der Waals surface area (Å²) in [4.78, 5) is 1.68. The van der Waals surface area contributed by atoms with Crippen LogP contribution >= 0.6 is 0 Å². The number of hydrogen-bond acceptors (Lipinski definition) is 3. The zero-order chi connectivity index (χ0) is 17.5. The number of ether oxygens (including phenoxy) is 1. The van der Waals surface area contributed by atoms with Crippen molar-refractivity contribution in [2.45, 2.75) is 6.23 Å². The van der Waals surface area contributed by atoms with E-state index in [0.29, 0.717) is 0 Å². The molecule has 0 aliphatic carbocycles. The Labute approximate surface area is 150 Å². The van der Waals surface area contributed by atoms with Crippen LogP contribution < -0.4 is 0 Å². The molecule has 1 aromatic heterocycles. The number of methoxy groups -OCH3 is 1. The molecule has 5 rings (SSSR count). The van der Waals surface area contributed by atoms with E-state index in [9.17, 15) is 0 Å². The van der Waals surface area contributed by atoms with E-state index in [1.807, 2.05) is 42.5 Å². The molecule has 5 aromatic rings. The minimum atomic E-state index is -0.360. The average molecular weight is 339 g/mol. The van der Waals surface area contributed by atoms with Gasteiger partial charge in [0.05, 0.1) is 0 Å². The van der Waals surface area contributed by atoms with Crippen molar-refractivity contribution in [2.75, 3.05) is 7.11 Å². The molecule has 0 aliphatic rings. The van der Waals surface area contributed by atoms with E-state index in [1.54, 1.807) is 11.9 Å². The van der Waals surface area contributed by atoms with Crippen LogP contribution in [0.4, 0.5) is 0 Å². The summed E-state index contributed by atoms with van der Waals surface area (Å²) in [6.45, 7) is 0. The second-order valence-electron chi connectivity index (χ2n) is 6.31. The Kier molecular flexibility index (Phi) is 3.43. The summed E-state index contributed by atoms with van der Waals surface area (Å²) < 4.78 is 5.71. The van der Waals surface area contributed by atoms with E-state index < -0.39 is 0 Å². The summed E-state index contributed by atoms with van der Waals surface area (Å²) in [6, 6.07) is 26.7. The van der Waals surface area contributed by atoms with Crippen molar-refractivity contribution in [3.8, 4) is 0 Å². The van der Waals surface area contributed by atoms with Gasteiger partial charge in [-0.25, -0.2) is 0 Å². The normalized spacial score (nSPS) is 12.8. The first-order valence-corrected chi connectivity index (χ1v) is 8.60. The molecule has 0 aliphatic heterocycles. The minimum absolute atomic E-state index is 0.360. The lowest BCUT2D eigenvalue weighted by Crippen LogP contribution is -2.15. The van der Waals surface area contributed by atoms with Crippen LogP contribution in [0, 0.1) is 0 Å². The summed E-state index contributed by atoms with van der Waals surface area (Å²) in [7, 11) is 1.68. The molecule has 4 nitrogen and oxygen atoms in total. The van der Waals surface area contributed by atoms with Gasteiger partial charge in [-0.05, 0) is 10.8 Å². The Hall–Kier alpha value is -3.24. The highest BCUT2D eigenvalue weighted by molar-refractivity contribution is 6.22. The molecule has 1 heterocycles. The first kappa shape index (κ1) is 15.0. The zero-order valence-electron chi connectivity index (χ0n) is 14.3. The van der Waals surface area contributed by atoms with Gasteiger partial charge in [0.1, 0.15) is 11.0 Å². The van der Waals surface area contributed by atoms with Gasteiger partial charge in [0.2, 0.25) is 0 Å². The molecule has 0 spiro atoms. The quantitative estimate of drug-likeness (QED) is 0.438. The van der Waals surface area contributed by atoms with E-state index >= 15 is 0 Å². The molecule has 0 radical (unpaired) electrons. The van der Waals surface area contributed by atoms with Crippen molar-refractivity contribution in [2.24, 2.45) is 0 Å². The molecular formula is C22H17N3O. The third-order valence-corrected chi connectivity index (χ3v) is 4.80. The molecule has 4 aromatic carbocycles. The first-order valence-electron chi connectivity index (χ1n) is 8.60. The molecule has 0 fully saturated rings. The van der Waals surface area contributed by atoms with Gasteiger partial charge < -0.3 is 4.74 Å². The van der Waals surface area contributed by atoms with Crippen molar-refractivity contribution in [3.63, 3.8) is 0 Å². The highest BCUT2D eigenvalue weighted by atomic mass is 16.5. The highest BCUT2D eigenvalue weighted by Crippen LogP contribution is 2.33. The van der Waals surface area contributed by atoms with Crippen molar-refractivity contribution in [1.29, 1.82) is 0 Å². The van der Waals surface area contributed by atoms with Gasteiger partial charge in [0.15, 0.2) is 6.23 Å². The third kappa shape index (κ3) is 2.20. The second-order valence-corrected chi connectivity index (χ2v) is 6.31. The van der Waals surface area contributed by atoms with Crippen LogP contribution in [-0.4, -0.2) is 22.1 Å². The topological polar surface area (TPSA) is 39.9 Å². The Morgan fingerprint density at radius 2 is 1.12 bits per heavy atom. The third-order valence-electron chi connectivity index (χ3n) is 4.80. The summed E-state index contributed by atoms with van der Waals surface area (Å²) in [6.07, 6.45) is -0.360. The van der Waals surface area contributed by atoms with Gasteiger partial charge in [-0.2, -0.15) is 0 Å². The second kappa shape index (κ2) is 5.93. The Balaban J connectivity index is 1.85. The summed E-state index contributed by atoms with van der Waals surface area (Å²) in [5, 5.41) is 14.2. The number of rotatable bonds is 3. The molecule has 0 saturated heterocycles. The van der Waals surface area contributed by atoms with Crippen LogP contribution in [0.15, 0.2) is 78.9 Å². The standard InChI is InChI=1S/C22H17N3O/c1-26-22(15-9-3-2-4-10-15)25-23-20-18-13-7-5-11-16(18)17-12-6-8-14-19(17)21(20)24-25/h2-14,22H,1H3. The van der Waals surface area contributed by atoms with E-state index in [1.165, 1.54) is 10.8 Å². The molecule has 26 heavy (non-hydrogen) atoms. The molecule has 0 bridgehead atoms. The maximum Gasteiger partial charge on any atom is 0.194 e. The van der Waals surface area contributed by atoms with Gasteiger partial charge in [0, 0.05) is 23.4 Å². The Morgan fingerprint density at radius 1 is 0.654 bits per heavy atom. The molecule has 0 N–H and O–H groups in total. The van der Waals surface area contributed by atoms with Crippen molar-refractivity contribution < 1.29 is 4.74 Å². The molecular weight excluding hydrogens is 322 g/mol. The lowest BCUT2D eigenvalue weighted by Gasteiger charge is -2.14. The molecule has 126 valence electrons. The van der Waals surface area contributed by atoms with E-state index in [4.69, 9.17) is 14.9 Å². The molecule has 1 atom stereocenters. The van der Waals surface area contributed by atoms with Crippen LogP contribution in [0.25, 0.3) is 32.6 Å². The predicted molar refractivity (Wildman–Crippen MR) is 104 cm³/mol.